The van der Waals surface area contributed by atoms with Gasteiger partial charge in [0.05, 0.1) is 0 Å². The molecule has 4 rings (SSSR count). The van der Waals surface area contributed by atoms with Crippen LogP contribution in [0.2, 0.25) is 0 Å². The molecule has 3 saturated carbocycles. The van der Waals surface area contributed by atoms with Crippen molar-refractivity contribution in [2.75, 3.05) is 0 Å². The lowest BCUT2D eigenvalue weighted by Gasteiger charge is -2.58. The van der Waals surface area contributed by atoms with E-state index in [1.54, 1.807) is 6.92 Å². The van der Waals surface area contributed by atoms with Crippen molar-refractivity contribution in [2.24, 2.45) is 34.5 Å². The van der Waals surface area contributed by atoms with Crippen LogP contribution >= 0.6 is 0 Å². The van der Waals surface area contributed by atoms with E-state index in [0.717, 1.165) is 32.1 Å². The minimum atomic E-state index is -1.13. The average Bonchev–Trinajstić information content (AvgIpc) is 2.81. The standard InChI is InChI=1S/C22H32O3/c1-13(23)22(25)10-8-18-17-12-20(2,3)19-11-14(24)5-6-16(19)15(17)7-9-21(18,22)4/h11,15-18,25H,5-10,12H2,1-4H3/t15-,16-,17-,18+,21+,22+/m1/s1. The van der Waals surface area contributed by atoms with Crippen molar-refractivity contribution < 1.29 is 14.7 Å². The van der Waals surface area contributed by atoms with E-state index in [9.17, 15) is 14.7 Å². The first kappa shape index (κ1) is 17.5. The van der Waals surface area contributed by atoms with Crippen molar-refractivity contribution in [3.05, 3.63) is 11.6 Å². The Bertz CT molecular complexity index is 660. The first-order chi connectivity index (χ1) is 11.6. The number of Topliss-reactive ketones (excluding diaryl/α,β-unsaturated/α-hetero) is 1. The van der Waals surface area contributed by atoms with Gasteiger partial charge in [-0.1, -0.05) is 26.3 Å². The van der Waals surface area contributed by atoms with Gasteiger partial charge in [-0.2, -0.15) is 0 Å². The maximum absolute atomic E-state index is 12.3. The van der Waals surface area contributed by atoms with Crippen LogP contribution in [0.25, 0.3) is 0 Å². The molecule has 0 heterocycles. The van der Waals surface area contributed by atoms with E-state index in [2.05, 4.69) is 20.8 Å². The molecule has 0 aliphatic heterocycles. The molecule has 0 spiro atoms. The predicted octanol–water partition coefficient (Wildman–Crippen LogP) is 4.08. The summed E-state index contributed by atoms with van der Waals surface area (Å²) < 4.78 is 0. The molecular weight excluding hydrogens is 312 g/mol. The SMILES string of the molecule is CC(=O)[C@@]1(O)CC[C@H]2[C@@H]3CC(C)(C)C4=CC(=O)CC[C@@H]4[C@H]3CC[C@@]21C. The van der Waals surface area contributed by atoms with E-state index in [1.165, 1.54) is 5.57 Å². The summed E-state index contributed by atoms with van der Waals surface area (Å²) >= 11 is 0. The summed E-state index contributed by atoms with van der Waals surface area (Å²) in [7, 11) is 0. The second-order valence-electron chi connectivity index (χ2n) is 10.1. The van der Waals surface area contributed by atoms with Gasteiger partial charge in [-0.05, 0) is 80.6 Å². The van der Waals surface area contributed by atoms with Crippen LogP contribution in [0, 0.1) is 34.5 Å². The molecule has 3 nitrogen and oxygen atoms in total. The van der Waals surface area contributed by atoms with Crippen LogP contribution in [0.3, 0.4) is 0 Å². The number of allylic oxidation sites excluding steroid dienone is 1. The second-order valence-corrected chi connectivity index (χ2v) is 10.1. The average molecular weight is 344 g/mol. The minimum absolute atomic E-state index is 0.0464. The third-order valence-electron chi connectivity index (χ3n) is 8.69. The van der Waals surface area contributed by atoms with E-state index in [-0.39, 0.29) is 16.6 Å². The van der Waals surface area contributed by atoms with E-state index < -0.39 is 5.60 Å². The molecule has 138 valence electrons. The number of rotatable bonds is 1. The maximum Gasteiger partial charge on any atom is 0.161 e. The zero-order chi connectivity index (χ0) is 18.2. The van der Waals surface area contributed by atoms with Gasteiger partial charge in [0.15, 0.2) is 11.6 Å². The van der Waals surface area contributed by atoms with Gasteiger partial charge in [0.2, 0.25) is 0 Å². The normalized spacial score (nSPS) is 48.2. The van der Waals surface area contributed by atoms with E-state index in [0.29, 0.717) is 42.3 Å². The Hall–Kier alpha value is -0.960. The molecule has 0 aromatic heterocycles. The lowest BCUT2D eigenvalue weighted by Crippen LogP contribution is -2.56. The molecule has 25 heavy (non-hydrogen) atoms. The zero-order valence-corrected chi connectivity index (χ0v) is 16.1. The second kappa shape index (κ2) is 5.28. The van der Waals surface area contributed by atoms with Gasteiger partial charge in [-0.25, -0.2) is 0 Å². The van der Waals surface area contributed by atoms with E-state index in [4.69, 9.17) is 0 Å². The van der Waals surface area contributed by atoms with Crippen LogP contribution in [0.4, 0.5) is 0 Å². The smallest absolute Gasteiger partial charge is 0.161 e. The van der Waals surface area contributed by atoms with Gasteiger partial charge in [-0.3, -0.25) is 9.59 Å². The highest BCUT2D eigenvalue weighted by atomic mass is 16.3. The summed E-state index contributed by atoms with van der Waals surface area (Å²) in [6.45, 7) is 8.32. The van der Waals surface area contributed by atoms with E-state index in [1.807, 2.05) is 6.08 Å². The molecular formula is C22H32O3. The number of carbonyl (C=O) groups is 2. The molecule has 1 N–H and O–H groups in total. The topological polar surface area (TPSA) is 54.4 Å². The fourth-order valence-electron chi connectivity index (χ4n) is 7.36. The van der Waals surface area contributed by atoms with Gasteiger partial charge in [-0.15, -0.1) is 0 Å². The summed E-state index contributed by atoms with van der Waals surface area (Å²) in [6, 6.07) is 0. The molecule has 4 aliphatic carbocycles. The summed E-state index contributed by atoms with van der Waals surface area (Å²) in [5.74, 6) is 2.40. The Morgan fingerprint density at radius 1 is 1.12 bits per heavy atom. The van der Waals surface area contributed by atoms with Crippen molar-refractivity contribution in [1.82, 2.24) is 0 Å². The summed E-state index contributed by atoms with van der Waals surface area (Å²) in [5, 5.41) is 11.2. The van der Waals surface area contributed by atoms with Gasteiger partial charge >= 0.3 is 0 Å². The summed E-state index contributed by atoms with van der Waals surface area (Å²) in [5.41, 5.74) is 0.0260. The maximum atomic E-state index is 12.3. The number of fused-ring (bicyclic) bond motifs is 5. The van der Waals surface area contributed by atoms with Crippen molar-refractivity contribution in [1.29, 1.82) is 0 Å². The lowest BCUT2D eigenvalue weighted by atomic mass is 9.46. The molecule has 0 aromatic rings. The van der Waals surface area contributed by atoms with Gasteiger partial charge < -0.3 is 5.11 Å². The Kier molecular flexibility index (Phi) is 3.69. The Morgan fingerprint density at radius 3 is 2.52 bits per heavy atom. The monoisotopic (exact) mass is 344 g/mol. The molecule has 3 fully saturated rings. The first-order valence-electron chi connectivity index (χ1n) is 10.1. The minimum Gasteiger partial charge on any atom is -0.382 e. The molecule has 6 atom stereocenters. The highest BCUT2D eigenvalue weighted by Gasteiger charge is 2.65. The number of carbonyl (C=O) groups excluding carboxylic acids is 2. The highest BCUT2D eigenvalue weighted by Crippen LogP contribution is 2.67. The van der Waals surface area contributed by atoms with Crippen molar-refractivity contribution in [3.63, 3.8) is 0 Å². The van der Waals surface area contributed by atoms with E-state index >= 15 is 0 Å². The molecule has 0 amide bonds. The van der Waals surface area contributed by atoms with Crippen LogP contribution in [0.5, 0.6) is 0 Å². The Morgan fingerprint density at radius 2 is 1.84 bits per heavy atom. The molecule has 0 saturated heterocycles. The van der Waals surface area contributed by atoms with Gasteiger partial charge in [0.25, 0.3) is 0 Å². The van der Waals surface area contributed by atoms with Crippen LogP contribution in [0.15, 0.2) is 11.6 Å². The number of hydrogen-bond donors (Lipinski definition) is 1. The first-order valence-corrected chi connectivity index (χ1v) is 10.1. The Labute approximate surface area is 151 Å². The molecule has 0 radical (unpaired) electrons. The number of hydrogen-bond acceptors (Lipinski definition) is 3. The van der Waals surface area contributed by atoms with Crippen LogP contribution in [0.1, 0.15) is 72.6 Å². The van der Waals surface area contributed by atoms with Crippen LogP contribution in [-0.4, -0.2) is 22.3 Å². The van der Waals surface area contributed by atoms with Crippen molar-refractivity contribution in [2.45, 2.75) is 78.2 Å². The molecule has 0 bridgehead atoms. The Balaban J connectivity index is 1.72. The van der Waals surface area contributed by atoms with Crippen molar-refractivity contribution >= 4 is 11.6 Å². The van der Waals surface area contributed by atoms with Crippen molar-refractivity contribution in [3.8, 4) is 0 Å². The third kappa shape index (κ3) is 2.20. The van der Waals surface area contributed by atoms with Crippen LogP contribution in [-0.2, 0) is 9.59 Å². The quantitative estimate of drug-likeness (QED) is 0.779. The van der Waals surface area contributed by atoms with Gasteiger partial charge in [0, 0.05) is 11.8 Å². The number of aliphatic hydroxyl groups is 1. The molecule has 4 aliphatic rings. The predicted molar refractivity (Wildman–Crippen MR) is 96.9 cm³/mol. The number of ketones is 2. The molecule has 0 unspecified atom stereocenters. The summed E-state index contributed by atoms with van der Waals surface area (Å²) in [6.07, 6.45) is 8.34. The highest BCUT2D eigenvalue weighted by molar-refractivity contribution is 5.91. The third-order valence-corrected chi connectivity index (χ3v) is 8.69. The summed E-state index contributed by atoms with van der Waals surface area (Å²) in [4.78, 5) is 24.3. The fourth-order valence-corrected chi connectivity index (χ4v) is 7.36. The van der Waals surface area contributed by atoms with Crippen LogP contribution < -0.4 is 0 Å². The molecule has 0 aromatic carbocycles. The van der Waals surface area contributed by atoms with Gasteiger partial charge in [0.1, 0.15) is 5.60 Å². The lowest BCUT2D eigenvalue weighted by molar-refractivity contribution is -0.159. The zero-order valence-electron chi connectivity index (χ0n) is 16.1. The largest absolute Gasteiger partial charge is 0.382 e. The fraction of sp³-hybridized carbons (Fsp3) is 0.818. The molecule has 3 heteroatoms.